The summed E-state index contributed by atoms with van der Waals surface area (Å²) in [4.78, 5) is 29.7. The molecule has 0 spiro atoms. The number of nitrogens with one attached hydrogen (secondary N) is 1. The molecule has 168 valence electrons. The van der Waals surface area contributed by atoms with Crippen molar-refractivity contribution in [2.75, 3.05) is 36.5 Å². The van der Waals surface area contributed by atoms with Gasteiger partial charge in [0.05, 0.1) is 0 Å². The van der Waals surface area contributed by atoms with Crippen LogP contribution in [-0.4, -0.2) is 43.1 Å². The van der Waals surface area contributed by atoms with E-state index in [1.807, 2.05) is 41.3 Å². The van der Waals surface area contributed by atoms with Gasteiger partial charge in [-0.1, -0.05) is 36.4 Å². The molecule has 7 nitrogen and oxygen atoms in total. The molecule has 2 aliphatic heterocycles. The molecule has 0 aromatic heterocycles. The van der Waals surface area contributed by atoms with E-state index >= 15 is 0 Å². The fourth-order valence-corrected chi connectivity index (χ4v) is 4.11. The minimum atomic E-state index is -0.251. The summed E-state index contributed by atoms with van der Waals surface area (Å²) in [5.74, 6) is 1.04. The molecule has 33 heavy (non-hydrogen) atoms. The van der Waals surface area contributed by atoms with Crippen molar-refractivity contribution in [1.29, 1.82) is 0 Å². The van der Waals surface area contributed by atoms with Crippen molar-refractivity contribution in [1.82, 2.24) is 4.90 Å². The quantitative estimate of drug-likeness (QED) is 0.628. The van der Waals surface area contributed by atoms with Gasteiger partial charge in [0.2, 0.25) is 0 Å². The van der Waals surface area contributed by atoms with Gasteiger partial charge in [-0.25, -0.2) is 4.79 Å². The summed E-state index contributed by atoms with van der Waals surface area (Å²) < 4.78 is 11.1. The van der Waals surface area contributed by atoms with Crippen LogP contribution in [0.15, 0.2) is 72.8 Å². The summed E-state index contributed by atoms with van der Waals surface area (Å²) in [6.45, 7) is 2.91. The van der Waals surface area contributed by atoms with Gasteiger partial charge in [0.25, 0.3) is 5.91 Å². The molecule has 0 bridgehead atoms. The Balaban J connectivity index is 1.30. The molecule has 7 heteroatoms. The van der Waals surface area contributed by atoms with Crippen molar-refractivity contribution < 1.29 is 19.1 Å². The van der Waals surface area contributed by atoms with Crippen molar-refractivity contribution in [2.24, 2.45) is 0 Å². The van der Waals surface area contributed by atoms with Crippen LogP contribution in [0.25, 0.3) is 0 Å². The van der Waals surface area contributed by atoms with Gasteiger partial charge in [-0.2, -0.15) is 0 Å². The van der Waals surface area contributed by atoms with Crippen molar-refractivity contribution in [3.05, 3.63) is 83.9 Å². The first-order chi connectivity index (χ1) is 16.2. The number of carbonyl (C=O) groups is 2. The Hall–Kier alpha value is -4.00. The van der Waals surface area contributed by atoms with Gasteiger partial charge in [-0.15, -0.1) is 0 Å². The molecular formula is C26H25N3O4. The van der Waals surface area contributed by atoms with Crippen molar-refractivity contribution >= 4 is 23.3 Å². The lowest BCUT2D eigenvalue weighted by atomic mass is 10.1. The van der Waals surface area contributed by atoms with E-state index < -0.39 is 0 Å². The number of benzene rings is 3. The molecule has 3 aromatic rings. The lowest BCUT2D eigenvalue weighted by Crippen LogP contribution is -2.49. The molecule has 1 fully saturated rings. The fourth-order valence-electron chi connectivity index (χ4n) is 4.11. The number of carbonyl (C=O) groups excluding carboxylic acids is 2. The zero-order valence-corrected chi connectivity index (χ0v) is 18.2. The van der Waals surface area contributed by atoms with Crippen LogP contribution in [0.4, 0.5) is 16.2 Å². The van der Waals surface area contributed by atoms with Crippen molar-refractivity contribution in [2.45, 2.75) is 13.0 Å². The van der Waals surface area contributed by atoms with Gasteiger partial charge < -0.3 is 19.7 Å². The van der Waals surface area contributed by atoms with E-state index in [4.69, 9.17) is 9.47 Å². The highest BCUT2D eigenvalue weighted by molar-refractivity contribution is 6.05. The first-order valence-electron chi connectivity index (χ1n) is 11.1. The maximum Gasteiger partial charge on any atom is 0.324 e. The Kier molecular flexibility index (Phi) is 5.85. The van der Waals surface area contributed by atoms with Gasteiger partial charge in [0.1, 0.15) is 13.2 Å². The van der Waals surface area contributed by atoms with Crippen molar-refractivity contribution in [3.63, 3.8) is 0 Å². The summed E-state index contributed by atoms with van der Waals surface area (Å²) in [6.07, 6.45) is 0.867. The van der Waals surface area contributed by atoms with Crippen LogP contribution in [0.2, 0.25) is 0 Å². The van der Waals surface area contributed by atoms with E-state index in [-0.39, 0.29) is 11.9 Å². The molecule has 0 atom stereocenters. The minimum absolute atomic E-state index is 0.0468. The number of ether oxygens (including phenoxy) is 2. The fraction of sp³-hybridized carbons (Fsp3) is 0.231. The molecule has 2 aliphatic rings. The van der Waals surface area contributed by atoms with Gasteiger partial charge in [0.15, 0.2) is 11.5 Å². The molecule has 1 saturated heterocycles. The number of rotatable bonds is 5. The second-order valence-corrected chi connectivity index (χ2v) is 8.06. The SMILES string of the molecule is O=C(Nc1ccc2c(c1)OCCO2)c1cccc(N2CCCN(Cc3ccccc3)C2=O)c1. The smallest absolute Gasteiger partial charge is 0.324 e. The topological polar surface area (TPSA) is 71.1 Å². The number of hydrogen-bond acceptors (Lipinski definition) is 4. The number of fused-ring (bicyclic) bond motifs is 1. The Bertz CT molecular complexity index is 1170. The van der Waals surface area contributed by atoms with Crippen LogP contribution in [-0.2, 0) is 6.54 Å². The van der Waals surface area contributed by atoms with E-state index in [1.54, 1.807) is 41.3 Å². The normalized spacial score (nSPS) is 15.3. The summed E-state index contributed by atoms with van der Waals surface area (Å²) in [6, 6.07) is 22.4. The number of hydrogen-bond donors (Lipinski definition) is 1. The maximum atomic E-state index is 13.2. The number of anilines is 2. The maximum absolute atomic E-state index is 13.2. The average molecular weight is 444 g/mol. The highest BCUT2D eigenvalue weighted by Gasteiger charge is 2.27. The third kappa shape index (κ3) is 4.62. The van der Waals surface area contributed by atoms with Crippen LogP contribution in [0.1, 0.15) is 22.3 Å². The Morgan fingerprint density at radius 3 is 2.55 bits per heavy atom. The predicted octanol–water partition coefficient (Wildman–Crippen LogP) is 4.54. The Morgan fingerprint density at radius 2 is 1.70 bits per heavy atom. The van der Waals surface area contributed by atoms with Gasteiger partial charge in [-0.3, -0.25) is 9.69 Å². The highest BCUT2D eigenvalue weighted by Crippen LogP contribution is 2.33. The van der Waals surface area contributed by atoms with Crippen molar-refractivity contribution in [3.8, 4) is 11.5 Å². The van der Waals surface area contributed by atoms with E-state index in [1.165, 1.54) is 0 Å². The van der Waals surface area contributed by atoms with E-state index in [0.29, 0.717) is 61.3 Å². The Morgan fingerprint density at radius 1 is 0.879 bits per heavy atom. The molecule has 0 saturated carbocycles. The third-order valence-electron chi connectivity index (χ3n) is 5.75. The molecular weight excluding hydrogens is 418 g/mol. The van der Waals surface area contributed by atoms with Gasteiger partial charge in [0, 0.05) is 42.6 Å². The summed E-state index contributed by atoms with van der Waals surface area (Å²) >= 11 is 0. The average Bonchev–Trinajstić information content (AvgIpc) is 2.86. The van der Waals surface area contributed by atoms with Crippen LogP contribution < -0.4 is 19.7 Å². The Labute approximate surface area is 192 Å². The molecule has 3 aromatic carbocycles. The zero-order valence-electron chi connectivity index (χ0n) is 18.2. The lowest BCUT2D eigenvalue weighted by Gasteiger charge is -2.35. The number of amides is 3. The van der Waals surface area contributed by atoms with E-state index in [9.17, 15) is 9.59 Å². The standard InChI is InChI=1S/C26H25N3O4/c30-25(27-21-10-11-23-24(17-21)33-15-14-32-23)20-8-4-9-22(16-20)29-13-5-12-28(26(29)31)18-19-6-2-1-3-7-19/h1-4,6-11,16-17H,5,12-15,18H2,(H,27,30). The second kappa shape index (κ2) is 9.24. The molecule has 5 rings (SSSR count). The molecule has 2 heterocycles. The lowest BCUT2D eigenvalue weighted by molar-refractivity contribution is 0.102. The molecule has 0 radical (unpaired) electrons. The molecule has 1 N–H and O–H groups in total. The van der Waals surface area contributed by atoms with E-state index in [2.05, 4.69) is 5.32 Å². The summed E-state index contributed by atoms with van der Waals surface area (Å²) in [7, 11) is 0. The largest absolute Gasteiger partial charge is 0.486 e. The predicted molar refractivity (Wildman–Crippen MR) is 126 cm³/mol. The summed E-state index contributed by atoms with van der Waals surface area (Å²) in [5, 5.41) is 2.90. The number of urea groups is 1. The summed E-state index contributed by atoms with van der Waals surface area (Å²) in [5.41, 5.74) is 2.92. The molecule has 3 amide bonds. The minimum Gasteiger partial charge on any atom is -0.486 e. The van der Waals surface area contributed by atoms with Gasteiger partial charge >= 0.3 is 6.03 Å². The second-order valence-electron chi connectivity index (χ2n) is 8.06. The first-order valence-corrected chi connectivity index (χ1v) is 11.1. The van der Waals surface area contributed by atoms with Crippen LogP contribution in [0.3, 0.4) is 0 Å². The van der Waals surface area contributed by atoms with Gasteiger partial charge in [-0.05, 0) is 42.3 Å². The highest BCUT2D eigenvalue weighted by atomic mass is 16.6. The monoisotopic (exact) mass is 443 g/mol. The third-order valence-corrected chi connectivity index (χ3v) is 5.75. The number of nitrogens with zero attached hydrogens (tertiary/aromatic N) is 2. The molecule has 0 unspecified atom stereocenters. The van der Waals surface area contributed by atoms with Crippen LogP contribution in [0.5, 0.6) is 11.5 Å². The first kappa shape index (κ1) is 20.9. The molecule has 0 aliphatic carbocycles. The van der Waals surface area contributed by atoms with E-state index in [0.717, 1.165) is 12.0 Å². The van der Waals surface area contributed by atoms with Crippen LogP contribution in [0, 0.1) is 0 Å². The van der Waals surface area contributed by atoms with Crippen LogP contribution >= 0.6 is 0 Å². The zero-order chi connectivity index (χ0) is 22.6.